The topological polar surface area (TPSA) is 21.3 Å². The van der Waals surface area contributed by atoms with Gasteiger partial charge in [-0.2, -0.15) is 0 Å². The minimum Gasteiger partial charge on any atom is -0.497 e. The van der Waals surface area contributed by atoms with Crippen LogP contribution in [0, 0.1) is 11.7 Å². The van der Waals surface area contributed by atoms with Gasteiger partial charge in [-0.1, -0.05) is 19.9 Å². The Kier molecular flexibility index (Phi) is 4.94. The summed E-state index contributed by atoms with van der Waals surface area (Å²) in [5, 5.41) is 3.39. The van der Waals surface area contributed by atoms with Crippen molar-refractivity contribution in [3.8, 4) is 5.75 Å². The van der Waals surface area contributed by atoms with Gasteiger partial charge in [0.1, 0.15) is 11.6 Å². The van der Waals surface area contributed by atoms with Gasteiger partial charge in [0, 0.05) is 23.7 Å². The first kappa shape index (κ1) is 14.0. The number of methoxy groups -OCH3 is 1. The van der Waals surface area contributed by atoms with Crippen LogP contribution in [0.3, 0.4) is 0 Å². The summed E-state index contributed by atoms with van der Waals surface area (Å²) in [4.78, 5) is 0. The highest BCUT2D eigenvalue weighted by atomic mass is 19.1. The normalized spacial score (nSPS) is 14.8. The number of nitrogens with one attached hydrogen (secondary N) is 1. The predicted octanol–water partition coefficient (Wildman–Crippen LogP) is 3.53. The van der Waals surface area contributed by atoms with Gasteiger partial charge in [0.15, 0.2) is 0 Å². The van der Waals surface area contributed by atoms with Crippen molar-refractivity contribution in [1.82, 2.24) is 5.32 Å². The highest BCUT2D eigenvalue weighted by Gasteiger charge is 2.15. The van der Waals surface area contributed by atoms with Crippen LogP contribution in [0.4, 0.5) is 4.39 Å². The maximum Gasteiger partial charge on any atom is 0.131 e. The monoisotopic (exact) mass is 239 g/mol. The van der Waals surface area contributed by atoms with Crippen LogP contribution in [0.25, 0.3) is 0 Å². The highest BCUT2D eigenvalue weighted by Crippen LogP contribution is 2.22. The van der Waals surface area contributed by atoms with Gasteiger partial charge >= 0.3 is 0 Å². The summed E-state index contributed by atoms with van der Waals surface area (Å²) in [6.07, 6.45) is 0. The molecule has 96 valence electrons. The summed E-state index contributed by atoms with van der Waals surface area (Å²) in [5.74, 6) is 0.856. The summed E-state index contributed by atoms with van der Waals surface area (Å²) in [6.45, 7) is 8.38. The zero-order chi connectivity index (χ0) is 13.0. The quantitative estimate of drug-likeness (QED) is 0.848. The fraction of sp³-hybridized carbons (Fsp3) is 0.571. The van der Waals surface area contributed by atoms with Crippen LogP contribution in [0.2, 0.25) is 0 Å². The third-order valence-corrected chi connectivity index (χ3v) is 3.19. The standard InChI is InChI=1S/C14H22FNO/c1-9(2)10(3)16-11(4)13-7-6-12(17-5)8-14(13)15/h6-11,16H,1-5H3. The molecule has 1 N–H and O–H groups in total. The summed E-state index contributed by atoms with van der Waals surface area (Å²) in [5.41, 5.74) is 0.679. The Hall–Kier alpha value is -1.09. The molecule has 0 amide bonds. The molecule has 0 heterocycles. The van der Waals surface area contributed by atoms with Gasteiger partial charge in [0.2, 0.25) is 0 Å². The van der Waals surface area contributed by atoms with Crippen molar-refractivity contribution in [2.75, 3.05) is 7.11 Å². The molecule has 1 aromatic rings. The lowest BCUT2D eigenvalue weighted by Gasteiger charge is -2.23. The molecule has 1 aromatic carbocycles. The summed E-state index contributed by atoms with van der Waals surface area (Å²) in [7, 11) is 1.54. The van der Waals surface area contributed by atoms with Gasteiger partial charge in [-0.15, -0.1) is 0 Å². The number of benzene rings is 1. The average molecular weight is 239 g/mol. The third-order valence-electron chi connectivity index (χ3n) is 3.19. The van der Waals surface area contributed by atoms with E-state index in [2.05, 4.69) is 26.1 Å². The van der Waals surface area contributed by atoms with Gasteiger partial charge in [0.25, 0.3) is 0 Å². The van der Waals surface area contributed by atoms with E-state index >= 15 is 0 Å². The van der Waals surface area contributed by atoms with Crippen LogP contribution in [-0.2, 0) is 0 Å². The molecule has 0 radical (unpaired) electrons. The second-order valence-electron chi connectivity index (χ2n) is 4.81. The lowest BCUT2D eigenvalue weighted by molar-refractivity contribution is 0.380. The lowest BCUT2D eigenvalue weighted by atomic mass is 10.0. The number of halogens is 1. The van der Waals surface area contributed by atoms with Crippen molar-refractivity contribution in [3.63, 3.8) is 0 Å². The van der Waals surface area contributed by atoms with Crippen LogP contribution in [0.15, 0.2) is 18.2 Å². The van der Waals surface area contributed by atoms with Crippen molar-refractivity contribution in [1.29, 1.82) is 0 Å². The Bertz CT molecular complexity index is 365. The molecule has 0 spiro atoms. The Balaban J connectivity index is 2.78. The molecule has 2 unspecified atom stereocenters. The van der Waals surface area contributed by atoms with Gasteiger partial charge in [-0.05, 0) is 25.8 Å². The first-order valence-corrected chi connectivity index (χ1v) is 6.05. The van der Waals surface area contributed by atoms with E-state index in [4.69, 9.17) is 4.74 Å². The second-order valence-corrected chi connectivity index (χ2v) is 4.81. The second kappa shape index (κ2) is 6.01. The van der Waals surface area contributed by atoms with E-state index in [9.17, 15) is 4.39 Å². The molecule has 0 aliphatic heterocycles. The molecular weight excluding hydrogens is 217 g/mol. The fourth-order valence-electron chi connectivity index (χ4n) is 1.66. The zero-order valence-electron chi connectivity index (χ0n) is 11.3. The van der Waals surface area contributed by atoms with Crippen LogP contribution >= 0.6 is 0 Å². The number of ether oxygens (including phenoxy) is 1. The molecule has 2 atom stereocenters. The van der Waals surface area contributed by atoms with Crippen molar-refractivity contribution >= 4 is 0 Å². The SMILES string of the molecule is COc1ccc(C(C)NC(C)C(C)C)c(F)c1. The third kappa shape index (κ3) is 3.70. The molecule has 0 aliphatic carbocycles. The molecule has 0 aromatic heterocycles. The molecule has 0 saturated heterocycles. The smallest absolute Gasteiger partial charge is 0.131 e. The van der Waals surface area contributed by atoms with Crippen LogP contribution < -0.4 is 10.1 Å². The van der Waals surface area contributed by atoms with E-state index in [0.717, 1.165) is 0 Å². The first-order valence-electron chi connectivity index (χ1n) is 6.05. The van der Waals surface area contributed by atoms with E-state index in [1.807, 2.05) is 6.92 Å². The van der Waals surface area contributed by atoms with Crippen molar-refractivity contribution in [2.24, 2.45) is 5.92 Å². The highest BCUT2D eigenvalue weighted by molar-refractivity contribution is 5.30. The lowest BCUT2D eigenvalue weighted by Crippen LogP contribution is -2.33. The molecular formula is C14H22FNO. The van der Waals surface area contributed by atoms with Gasteiger partial charge in [-0.3, -0.25) is 0 Å². The molecule has 0 aliphatic rings. The van der Waals surface area contributed by atoms with E-state index < -0.39 is 0 Å². The van der Waals surface area contributed by atoms with Crippen LogP contribution in [-0.4, -0.2) is 13.2 Å². The van der Waals surface area contributed by atoms with E-state index in [1.165, 1.54) is 13.2 Å². The van der Waals surface area contributed by atoms with Crippen molar-refractivity contribution in [2.45, 2.75) is 39.8 Å². The minimum atomic E-state index is -0.222. The zero-order valence-corrected chi connectivity index (χ0v) is 11.3. The molecule has 0 saturated carbocycles. The first-order chi connectivity index (χ1) is 7.95. The summed E-state index contributed by atoms with van der Waals surface area (Å²) in [6, 6.07) is 5.34. The average Bonchev–Trinajstić information content (AvgIpc) is 2.28. The Morgan fingerprint density at radius 1 is 1.18 bits per heavy atom. The maximum absolute atomic E-state index is 13.8. The van der Waals surface area contributed by atoms with E-state index in [1.54, 1.807) is 12.1 Å². The molecule has 3 heteroatoms. The predicted molar refractivity (Wildman–Crippen MR) is 68.8 cm³/mol. The van der Waals surface area contributed by atoms with E-state index in [-0.39, 0.29) is 11.9 Å². The Morgan fingerprint density at radius 2 is 1.82 bits per heavy atom. The van der Waals surface area contributed by atoms with Crippen molar-refractivity contribution in [3.05, 3.63) is 29.6 Å². The van der Waals surface area contributed by atoms with E-state index in [0.29, 0.717) is 23.3 Å². The van der Waals surface area contributed by atoms with Gasteiger partial charge in [-0.25, -0.2) is 4.39 Å². The largest absolute Gasteiger partial charge is 0.497 e. The summed E-state index contributed by atoms with van der Waals surface area (Å²) < 4.78 is 18.8. The molecule has 1 rings (SSSR count). The molecule has 2 nitrogen and oxygen atoms in total. The van der Waals surface area contributed by atoms with Crippen molar-refractivity contribution < 1.29 is 9.13 Å². The Morgan fingerprint density at radius 3 is 2.29 bits per heavy atom. The molecule has 17 heavy (non-hydrogen) atoms. The summed E-state index contributed by atoms with van der Waals surface area (Å²) >= 11 is 0. The minimum absolute atomic E-state index is 0.00157. The Labute approximate surface area is 103 Å². The number of hydrogen-bond acceptors (Lipinski definition) is 2. The molecule has 0 bridgehead atoms. The fourth-order valence-corrected chi connectivity index (χ4v) is 1.66. The van der Waals surface area contributed by atoms with Crippen LogP contribution in [0.5, 0.6) is 5.75 Å². The number of hydrogen-bond donors (Lipinski definition) is 1. The number of rotatable bonds is 5. The van der Waals surface area contributed by atoms with Gasteiger partial charge < -0.3 is 10.1 Å². The van der Waals surface area contributed by atoms with Crippen LogP contribution in [0.1, 0.15) is 39.3 Å². The van der Waals surface area contributed by atoms with Gasteiger partial charge in [0.05, 0.1) is 7.11 Å². The molecule has 0 fully saturated rings. The maximum atomic E-state index is 13.8.